The maximum atomic E-state index is 14.3. The molecule has 0 saturated heterocycles. The number of sulfonamides is 1. The number of thiazole rings is 1. The largest absolute Gasteiger partial charge is 0.325 e. The van der Waals surface area contributed by atoms with Crippen LogP contribution in [0.3, 0.4) is 0 Å². The molecule has 0 aliphatic carbocycles. The number of aryl methyl sites for hydroxylation is 1. The third kappa shape index (κ3) is 6.12. The first kappa shape index (κ1) is 25.0. The Balaban J connectivity index is 1.59. The van der Waals surface area contributed by atoms with Crippen molar-refractivity contribution in [3.8, 4) is 11.3 Å². The lowest BCUT2D eigenvalue weighted by molar-refractivity contribution is -0.116. The molecule has 4 aromatic rings. The van der Waals surface area contributed by atoms with Crippen molar-refractivity contribution in [2.24, 2.45) is 0 Å². The second-order valence-corrected chi connectivity index (χ2v) is 11.1. The van der Waals surface area contributed by atoms with Crippen molar-refractivity contribution < 1.29 is 17.6 Å². The molecule has 35 heavy (non-hydrogen) atoms. The molecule has 4 rings (SSSR count). The molecule has 180 valence electrons. The van der Waals surface area contributed by atoms with Gasteiger partial charge in [0.1, 0.15) is 5.82 Å². The van der Waals surface area contributed by atoms with Crippen LogP contribution in [0.2, 0.25) is 5.02 Å². The van der Waals surface area contributed by atoms with E-state index in [-0.39, 0.29) is 17.0 Å². The van der Waals surface area contributed by atoms with E-state index in [1.54, 1.807) is 24.3 Å². The van der Waals surface area contributed by atoms with Gasteiger partial charge in [0.15, 0.2) is 0 Å². The van der Waals surface area contributed by atoms with Crippen LogP contribution in [0.1, 0.15) is 10.6 Å². The maximum absolute atomic E-state index is 14.3. The summed E-state index contributed by atoms with van der Waals surface area (Å²) in [5, 5.41) is 5.95. The van der Waals surface area contributed by atoms with E-state index in [9.17, 15) is 17.6 Å². The van der Waals surface area contributed by atoms with Crippen molar-refractivity contribution in [1.29, 1.82) is 0 Å². The number of carbonyl (C=O) groups excluding carboxylic acids is 1. The monoisotopic (exact) mass is 529 g/mol. The fourth-order valence-corrected chi connectivity index (χ4v) is 5.53. The smallest absolute Gasteiger partial charge is 0.243 e. The van der Waals surface area contributed by atoms with Crippen LogP contribution in [0.5, 0.6) is 0 Å². The summed E-state index contributed by atoms with van der Waals surface area (Å²) in [6.45, 7) is 1.08. The normalized spacial score (nSPS) is 11.5. The van der Waals surface area contributed by atoms with Crippen molar-refractivity contribution in [2.45, 2.75) is 18.4 Å². The molecule has 0 atom stereocenters. The molecule has 1 heterocycles. The molecule has 0 saturated carbocycles. The van der Waals surface area contributed by atoms with Crippen molar-refractivity contribution in [1.82, 2.24) is 9.29 Å². The number of halogens is 2. The van der Waals surface area contributed by atoms with E-state index in [0.717, 1.165) is 20.6 Å². The van der Waals surface area contributed by atoms with Gasteiger partial charge in [0, 0.05) is 33.8 Å². The van der Waals surface area contributed by atoms with Crippen molar-refractivity contribution in [3.63, 3.8) is 0 Å². The van der Waals surface area contributed by atoms with Gasteiger partial charge in [0.25, 0.3) is 0 Å². The first-order valence-corrected chi connectivity index (χ1v) is 13.2. The highest BCUT2D eigenvalue weighted by Gasteiger charge is 2.28. The number of nitrogens with zero attached hydrogens (tertiary/aromatic N) is 2. The molecule has 6 nitrogen and oxygen atoms in total. The number of hydrogen-bond donors (Lipinski definition) is 1. The topological polar surface area (TPSA) is 79.4 Å². The highest BCUT2D eigenvalue weighted by molar-refractivity contribution is 7.89. The number of nitrogens with one attached hydrogen (secondary N) is 1. The molecule has 0 aliphatic rings. The lowest BCUT2D eigenvalue weighted by atomic mass is 10.1. The molecule has 0 radical (unpaired) electrons. The summed E-state index contributed by atoms with van der Waals surface area (Å²) < 4.78 is 42.0. The minimum absolute atomic E-state index is 0.0491. The van der Waals surface area contributed by atoms with E-state index in [4.69, 9.17) is 11.6 Å². The van der Waals surface area contributed by atoms with E-state index in [2.05, 4.69) is 10.3 Å². The zero-order valence-corrected chi connectivity index (χ0v) is 21.0. The molecule has 0 aliphatic heterocycles. The molecule has 1 aromatic heterocycles. The summed E-state index contributed by atoms with van der Waals surface area (Å²) in [6.07, 6.45) is 0. The number of rotatable bonds is 8. The molecule has 0 fully saturated rings. The van der Waals surface area contributed by atoms with E-state index < -0.39 is 28.3 Å². The summed E-state index contributed by atoms with van der Waals surface area (Å²) in [7, 11) is -4.13. The number of hydrogen-bond acceptors (Lipinski definition) is 5. The van der Waals surface area contributed by atoms with Crippen LogP contribution in [-0.4, -0.2) is 30.2 Å². The fraction of sp³-hybridized carbons (Fsp3) is 0.120. The summed E-state index contributed by atoms with van der Waals surface area (Å²) in [6, 6.07) is 18.6. The van der Waals surface area contributed by atoms with Gasteiger partial charge in [0.05, 0.1) is 22.1 Å². The molecule has 1 N–H and O–H groups in total. The van der Waals surface area contributed by atoms with Gasteiger partial charge in [-0.3, -0.25) is 4.79 Å². The minimum atomic E-state index is -4.13. The van der Waals surface area contributed by atoms with Gasteiger partial charge >= 0.3 is 0 Å². The molecule has 10 heteroatoms. The SMILES string of the molecule is Cc1nc(-c2cccc(NC(=O)CN(Cc3ccccc3F)S(=O)(=O)c3ccc(Cl)cc3)c2)cs1. The maximum Gasteiger partial charge on any atom is 0.243 e. The molecule has 0 bridgehead atoms. The van der Waals surface area contributed by atoms with Crippen LogP contribution in [0, 0.1) is 12.7 Å². The van der Waals surface area contributed by atoms with Gasteiger partial charge in [-0.25, -0.2) is 17.8 Å². The average Bonchev–Trinajstić information content (AvgIpc) is 3.27. The third-order valence-electron chi connectivity index (χ3n) is 5.14. The molecule has 0 spiro atoms. The van der Waals surface area contributed by atoms with Gasteiger partial charge in [0.2, 0.25) is 15.9 Å². The van der Waals surface area contributed by atoms with Crippen LogP contribution in [-0.2, 0) is 21.4 Å². The number of carbonyl (C=O) groups is 1. The van der Waals surface area contributed by atoms with E-state index in [1.807, 2.05) is 18.4 Å². The minimum Gasteiger partial charge on any atom is -0.325 e. The molecule has 0 unspecified atom stereocenters. The van der Waals surface area contributed by atoms with Crippen molar-refractivity contribution in [2.75, 3.05) is 11.9 Å². The number of amides is 1. The predicted molar refractivity (Wildman–Crippen MR) is 136 cm³/mol. The lowest BCUT2D eigenvalue weighted by Crippen LogP contribution is -2.37. The zero-order valence-electron chi connectivity index (χ0n) is 18.6. The third-order valence-corrected chi connectivity index (χ3v) is 7.97. The lowest BCUT2D eigenvalue weighted by Gasteiger charge is -2.22. The Kier molecular flexibility index (Phi) is 7.61. The Morgan fingerprint density at radius 1 is 1.09 bits per heavy atom. The van der Waals surface area contributed by atoms with Gasteiger partial charge in [-0.15, -0.1) is 11.3 Å². The van der Waals surface area contributed by atoms with Crippen LogP contribution in [0.25, 0.3) is 11.3 Å². The van der Waals surface area contributed by atoms with Crippen LogP contribution >= 0.6 is 22.9 Å². The Bertz CT molecular complexity index is 1460. The van der Waals surface area contributed by atoms with Crippen LogP contribution in [0.4, 0.5) is 10.1 Å². The van der Waals surface area contributed by atoms with Crippen LogP contribution < -0.4 is 5.32 Å². The Labute approximate surface area is 212 Å². The van der Waals surface area contributed by atoms with Gasteiger partial charge in [-0.1, -0.05) is 41.9 Å². The highest BCUT2D eigenvalue weighted by atomic mass is 35.5. The van der Waals surface area contributed by atoms with E-state index in [1.165, 1.54) is 53.8 Å². The fourth-order valence-electron chi connectivity index (χ4n) is 3.41. The quantitative estimate of drug-likeness (QED) is 0.315. The first-order valence-electron chi connectivity index (χ1n) is 10.5. The predicted octanol–water partition coefficient (Wildman–Crippen LogP) is 5.74. The number of anilines is 1. The van der Waals surface area contributed by atoms with Crippen molar-refractivity contribution >= 4 is 44.6 Å². The number of benzene rings is 3. The summed E-state index contributed by atoms with van der Waals surface area (Å²) in [4.78, 5) is 17.3. The summed E-state index contributed by atoms with van der Waals surface area (Å²) in [5.41, 5.74) is 2.26. The second kappa shape index (κ2) is 10.7. The molecule has 3 aromatic carbocycles. The van der Waals surface area contributed by atoms with Crippen molar-refractivity contribution in [3.05, 3.63) is 99.6 Å². The summed E-state index contributed by atoms with van der Waals surface area (Å²) in [5.74, 6) is -1.12. The highest BCUT2D eigenvalue weighted by Crippen LogP contribution is 2.25. The molecule has 1 amide bonds. The Hall–Kier alpha value is -3.11. The number of aromatic nitrogens is 1. The van der Waals surface area contributed by atoms with Gasteiger partial charge < -0.3 is 5.32 Å². The Morgan fingerprint density at radius 2 is 1.83 bits per heavy atom. The van der Waals surface area contributed by atoms with Gasteiger partial charge in [-0.05, 0) is 49.4 Å². The summed E-state index contributed by atoms with van der Waals surface area (Å²) >= 11 is 7.42. The standard InChI is InChI=1S/C25H21ClFN3O3S2/c1-17-28-24(16-34-17)18-6-4-7-21(13-18)29-25(31)15-30(14-19-5-2-3-8-23(19)27)35(32,33)22-11-9-20(26)10-12-22/h2-13,16H,14-15H2,1H3,(H,29,31). The molecular formula is C25H21ClFN3O3S2. The van der Waals surface area contributed by atoms with Crippen LogP contribution in [0.15, 0.2) is 83.1 Å². The molecular weight excluding hydrogens is 509 g/mol. The van der Waals surface area contributed by atoms with E-state index in [0.29, 0.717) is 10.7 Å². The second-order valence-electron chi connectivity index (χ2n) is 7.70. The first-order chi connectivity index (χ1) is 16.7. The van der Waals surface area contributed by atoms with Gasteiger partial charge in [-0.2, -0.15) is 4.31 Å². The zero-order chi connectivity index (χ0) is 25.0. The Morgan fingerprint density at radius 3 is 2.51 bits per heavy atom. The van der Waals surface area contributed by atoms with E-state index >= 15 is 0 Å². The average molecular weight is 530 g/mol.